The van der Waals surface area contributed by atoms with E-state index in [4.69, 9.17) is 0 Å². The van der Waals surface area contributed by atoms with Crippen LogP contribution in [-0.4, -0.2) is 35.6 Å². The van der Waals surface area contributed by atoms with Crippen LogP contribution in [0.25, 0.3) is 0 Å². The van der Waals surface area contributed by atoms with Gasteiger partial charge in [-0.1, -0.05) is 0 Å². The predicted octanol–water partition coefficient (Wildman–Crippen LogP) is 1.11. The minimum Gasteiger partial charge on any atom is -0.350 e. The van der Waals surface area contributed by atoms with Crippen LogP contribution in [0.2, 0.25) is 0 Å². The van der Waals surface area contributed by atoms with Crippen molar-refractivity contribution in [2.75, 3.05) is 24.5 Å². The third-order valence-corrected chi connectivity index (χ3v) is 3.03. The molecule has 1 unspecified atom stereocenters. The third-order valence-electron chi connectivity index (χ3n) is 3.03. The Morgan fingerprint density at radius 1 is 1.56 bits per heavy atom. The largest absolute Gasteiger partial charge is 0.350 e. The Kier molecular flexibility index (Phi) is 3.33. The molecular weight excluding hydrogens is 207 g/mol. The first-order chi connectivity index (χ1) is 7.74. The van der Waals surface area contributed by atoms with Crippen molar-refractivity contribution in [3.05, 3.63) is 17.8 Å². The monoisotopic (exact) mass is 224 g/mol. The van der Waals surface area contributed by atoms with E-state index in [-0.39, 0.29) is 5.82 Å². The summed E-state index contributed by atoms with van der Waals surface area (Å²) in [4.78, 5) is 9.94. The van der Waals surface area contributed by atoms with Crippen LogP contribution < -0.4 is 10.2 Å². The summed E-state index contributed by atoms with van der Waals surface area (Å²) in [6, 6.07) is 0.341. The van der Waals surface area contributed by atoms with Gasteiger partial charge in [-0.25, -0.2) is 14.4 Å². The van der Waals surface area contributed by atoms with E-state index in [2.05, 4.69) is 15.3 Å². The average Bonchev–Trinajstić information content (AvgIpc) is 2.79. The van der Waals surface area contributed by atoms with Gasteiger partial charge in [-0.15, -0.1) is 0 Å². The smallest absolute Gasteiger partial charge is 0.186 e. The molecule has 4 nitrogen and oxygen atoms in total. The fourth-order valence-electron chi connectivity index (χ4n) is 2.13. The molecule has 2 heterocycles. The highest BCUT2D eigenvalue weighted by molar-refractivity contribution is 5.42. The lowest BCUT2D eigenvalue weighted by molar-refractivity contribution is 0.567. The van der Waals surface area contributed by atoms with Crippen molar-refractivity contribution in [2.24, 2.45) is 0 Å². The van der Waals surface area contributed by atoms with Crippen molar-refractivity contribution in [1.82, 2.24) is 15.3 Å². The van der Waals surface area contributed by atoms with Crippen LogP contribution in [-0.2, 0) is 0 Å². The molecule has 0 radical (unpaired) electrons. The summed E-state index contributed by atoms with van der Waals surface area (Å²) in [7, 11) is 0. The number of rotatable bonds is 3. The Morgan fingerprint density at radius 2 is 2.38 bits per heavy atom. The van der Waals surface area contributed by atoms with Crippen LogP contribution in [0.3, 0.4) is 0 Å². The molecule has 0 aliphatic carbocycles. The lowest BCUT2D eigenvalue weighted by atomic mass is 10.2. The van der Waals surface area contributed by atoms with Gasteiger partial charge in [-0.3, -0.25) is 0 Å². The van der Waals surface area contributed by atoms with Gasteiger partial charge < -0.3 is 10.2 Å². The molecule has 1 aromatic rings. The number of aryl methyl sites for hydroxylation is 1. The molecule has 0 spiro atoms. The Hall–Kier alpha value is -1.23. The van der Waals surface area contributed by atoms with Crippen LogP contribution in [0.5, 0.6) is 0 Å². The molecule has 1 aromatic heterocycles. The summed E-state index contributed by atoms with van der Waals surface area (Å²) in [6.45, 7) is 6.35. The summed E-state index contributed by atoms with van der Waals surface area (Å²) in [5.41, 5.74) is 0.411. The molecule has 0 aromatic carbocycles. The van der Waals surface area contributed by atoms with E-state index >= 15 is 0 Å². The number of nitrogens with one attached hydrogen (secondary N) is 1. The quantitative estimate of drug-likeness (QED) is 0.835. The maximum absolute atomic E-state index is 13.9. The van der Waals surface area contributed by atoms with E-state index in [1.165, 1.54) is 6.33 Å². The fourth-order valence-corrected chi connectivity index (χ4v) is 2.13. The van der Waals surface area contributed by atoms with Crippen LogP contribution in [0, 0.1) is 12.7 Å². The molecule has 1 aliphatic heterocycles. The molecule has 1 fully saturated rings. The van der Waals surface area contributed by atoms with E-state index in [1.54, 1.807) is 6.92 Å². The number of halogens is 1. The zero-order valence-corrected chi connectivity index (χ0v) is 9.70. The van der Waals surface area contributed by atoms with Gasteiger partial charge in [0, 0.05) is 19.1 Å². The van der Waals surface area contributed by atoms with Crippen LogP contribution in [0.1, 0.15) is 19.0 Å². The molecule has 2 rings (SSSR count). The summed E-state index contributed by atoms with van der Waals surface area (Å²) >= 11 is 0. The van der Waals surface area contributed by atoms with Gasteiger partial charge in [0.15, 0.2) is 11.6 Å². The molecule has 5 heteroatoms. The Bertz CT molecular complexity index is 363. The minimum atomic E-state index is -0.295. The molecule has 0 bridgehead atoms. The Balaban J connectivity index is 2.28. The average molecular weight is 224 g/mol. The van der Waals surface area contributed by atoms with Gasteiger partial charge in [-0.05, 0) is 26.8 Å². The van der Waals surface area contributed by atoms with Gasteiger partial charge >= 0.3 is 0 Å². The molecule has 88 valence electrons. The van der Waals surface area contributed by atoms with Crippen molar-refractivity contribution < 1.29 is 4.39 Å². The Labute approximate surface area is 94.9 Å². The number of likely N-dealkylation sites (N-methyl/N-ethyl adjacent to an activating group) is 1. The number of hydrogen-bond acceptors (Lipinski definition) is 4. The molecule has 1 saturated heterocycles. The van der Waals surface area contributed by atoms with Crippen molar-refractivity contribution >= 4 is 5.82 Å². The molecule has 1 aliphatic rings. The maximum Gasteiger partial charge on any atom is 0.186 e. The number of hydrogen-bond donors (Lipinski definition) is 1. The third kappa shape index (κ3) is 2.00. The van der Waals surface area contributed by atoms with Crippen LogP contribution in [0.15, 0.2) is 6.33 Å². The summed E-state index contributed by atoms with van der Waals surface area (Å²) < 4.78 is 13.9. The summed E-state index contributed by atoms with van der Waals surface area (Å²) in [5.74, 6) is 0.139. The van der Waals surface area contributed by atoms with Crippen molar-refractivity contribution in [3.8, 4) is 0 Å². The van der Waals surface area contributed by atoms with Gasteiger partial charge in [0.2, 0.25) is 0 Å². The predicted molar refractivity (Wildman–Crippen MR) is 61.0 cm³/mol. The van der Waals surface area contributed by atoms with Gasteiger partial charge in [0.1, 0.15) is 6.33 Å². The fraction of sp³-hybridized carbons (Fsp3) is 0.636. The van der Waals surface area contributed by atoms with Crippen LogP contribution in [0.4, 0.5) is 10.2 Å². The lowest BCUT2D eigenvalue weighted by Crippen LogP contribution is -2.38. The summed E-state index contributed by atoms with van der Waals surface area (Å²) in [6.07, 6.45) is 2.47. The molecular formula is C11H17FN4. The first-order valence-corrected chi connectivity index (χ1v) is 5.68. The standard InChI is InChI=1S/C11H17FN4/c1-3-16(9-4-5-13-6-9)11-10(12)8(2)14-7-15-11/h7,9,13H,3-6H2,1-2H3. The number of anilines is 1. The molecule has 0 saturated carbocycles. The zero-order chi connectivity index (χ0) is 11.5. The second-order valence-electron chi connectivity index (χ2n) is 4.03. The first-order valence-electron chi connectivity index (χ1n) is 5.68. The van der Waals surface area contributed by atoms with Crippen molar-refractivity contribution in [2.45, 2.75) is 26.3 Å². The SMILES string of the molecule is CCN(c1ncnc(C)c1F)C1CCNC1. The second kappa shape index (κ2) is 4.74. The van der Waals surface area contributed by atoms with Crippen LogP contribution >= 0.6 is 0 Å². The highest BCUT2D eigenvalue weighted by Crippen LogP contribution is 2.21. The normalized spacial score (nSPS) is 20.1. The van der Waals surface area contributed by atoms with Gasteiger partial charge in [0.05, 0.1) is 5.69 Å². The molecule has 16 heavy (non-hydrogen) atoms. The van der Waals surface area contributed by atoms with E-state index in [0.29, 0.717) is 17.6 Å². The highest BCUT2D eigenvalue weighted by Gasteiger charge is 2.25. The first kappa shape index (κ1) is 11.3. The number of aromatic nitrogens is 2. The van der Waals surface area contributed by atoms with E-state index in [1.807, 2.05) is 11.8 Å². The molecule has 1 N–H and O–H groups in total. The van der Waals surface area contributed by atoms with E-state index in [0.717, 1.165) is 26.1 Å². The summed E-state index contributed by atoms with van der Waals surface area (Å²) in [5, 5.41) is 3.28. The lowest BCUT2D eigenvalue weighted by Gasteiger charge is -2.28. The topological polar surface area (TPSA) is 41.1 Å². The van der Waals surface area contributed by atoms with E-state index < -0.39 is 0 Å². The van der Waals surface area contributed by atoms with E-state index in [9.17, 15) is 4.39 Å². The molecule has 0 amide bonds. The Morgan fingerprint density at radius 3 is 3.00 bits per heavy atom. The minimum absolute atomic E-state index is 0.295. The maximum atomic E-state index is 13.9. The van der Waals surface area contributed by atoms with Crippen molar-refractivity contribution in [3.63, 3.8) is 0 Å². The molecule has 1 atom stereocenters. The second-order valence-corrected chi connectivity index (χ2v) is 4.03. The van der Waals surface area contributed by atoms with Gasteiger partial charge in [0.25, 0.3) is 0 Å². The zero-order valence-electron chi connectivity index (χ0n) is 9.70. The van der Waals surface area contributed by atoms with Gasteiger partial charge in [-0.2, -0.15) is 0 Å². The number of nitrogens with zero attached hydrogens (tertiary/aromatic N) is 3. The highest BCUT2D eigenvalue weighted by atomic mass is 19.1. The van der Waals surface area contributed by atoms with Crippen molar-refractivity contribution in [1.29, 1.82) is 0 Å².